The van der Waals surface area contributed by atoms with Crippen LogP contribution in [0.25, 0.3) is 11.5 Å². The first-order valence-electron chi connectivity index (χ1n) is 10.7. The van der Waals surface area contributed by atoms with Crippen molar-refractivity contribution in [2.75, 3.05) is 25.6 Å². The normalized spacial score (nSPS) is 12.9. The number of rotatable bonds is 7. The third-order valence-electron chi connectivity index (χ3n) is 5.38. The topological polar surface area (TPSA) is 99.9 Å². The average Bonchev–Trinajstić information content (AvgIpc) is 3.33. The largest absolute Gasteiger partial charge is 0.496 e. The first-order chi connectivity index (χ1) is 17.0. The molecule has 4 aromatic rings. The van der Waals surface area contributed by atoms with Crippen LogP contribution in [0.3, 0.4) is 0 Å². The molecule has 2 heterocycles. The van der Waals surface area contributed by atoms with Crippen molar-refractivity contribution in [2.45, 2.75) is 16.5 Å². The van der Waals surface area contributed by atoms with Crippen LogP contribution >= 0.6 is 0 Å². The zero-order valence-electron chi connectivity index (χ0n) is 18.7. The predicted octanol–water partition coefficient (Wildman–Crippen LogP) is 4.71. The van der Waals surface area contributed by atoms with Crippen molar-refractivity contribution in [3.8, 4) is 28.7 Å². The second-order valence-electron chi connectivity index (χ2n) is 7.64. The Morgan fingerprint density at radius 1 is 1.00 bits per heavy atom. The number of ether oxygens (including phenoxy) is 3. The molecule has 8 nitrogen and oxygen atoms in total. The number of methoxy groups -OCH3 is 1. The maximum atomic E-state index is 13.7. The second-order valence-corrected chi connectivity index (χ2v) is 9.51. The van der Waals surface area contributed by atoms with Gasteiger partial charge in [0.05, 0.1) is 17.6 Å². The second kappa shape index (κ2) is 9.30. The van der Waals surface area contributed by atoms with Crippen molar-refractivity contribution in [3.05, 3.63) is 78.1 Å². The highest BCUT2D eigenvalue weighted by molar-refractivity contribution is 7.91. The summed E-state index contributed by atoms with van der Waals surface area (Å²) in [5, 5.41) is 2.69. The number of para-hydroxylation sites is 1. The van der Waals surface area contributed by atoms with Gasteiger partial charge >= 0.3 is 0 Å². The number of fused-ring (bicyclic) bond motifs is 1. The number of halogens is 1. The molecule has 0 spiro atoms. The van der Waals surface area contributed by atoms with Crippen LogP contribution in [-0.4, -0.2) is 33.7 Å². The summed E-state index contributed by atoms with van der Waals surface area (Å²) in [6, 6.07) is 17.2. The van der Waals surface area contributed by atoms with Crippen LogP contribution in [0.4, 0.5) is 10.3 Å². The van der Waals surface area contributed by atoms with Crippen LogP contribution in [0.5, 0.6) is 17.2 Å². The van der Waals surface area contributed by atoms with Crippen LogP contribution in [0, 0.1) is 5.82 Å². The molecule has 10 heteroatoms. The predicted molar refractivity (Wildman–Crippen MR) is 125 cm³/mol. The summed E-state index contributed by atoms with van der Waals surface area (Å²) < 4.78 is 62.9. The fraction of sp³-hybridized carbons (Fsp3) is 0.160. The van der Waals surface area contributed by atoms with Gasteiger partial charge in [-0.15, -0.1) is 0 Å². The Hall–Kier alpha value is -4.05. The molecule has 180 valence electrons. The summed E-state index contributed by atoms with van der Waals surface area (Å²) in [6.45, 7) is 0.898. The van der Waals surface area contributed by atoms with E-state index < -0.39 is 9.84 Å². The van der Waals surface area contributed by atoms with Crippen LogP contribution in [-0.2, 0) is 16.4 Å². The summed E-state index contributed by atoms with van der Waals surface area (Å²) in [5.41, 5.74) is 1.22. The summed E-state index contributed by atoms with van der Waals surface area (Å²) >= 11 is 0. The van der Waals surface area contributed by atoms with E-state index in [9.17, 15) is 12.8 Å². The SMILES string of the molecule is COc1ccccc1-c1nc(S(=O)(=O)c2ccc3c(c2)OCCO3)c(NCc2ccc(F)cc2)o1. The van der Waals surface area contributed by atoms with Gasteiger partial charge in [-0.25, -0.2) is 12.8 Å². The van der Waals surface area contributed by atoms with E-state index in [1.807, 2.05) is 0 Å². The van der Waals surface area contributed by atoms with E-state index >= 15 is 0 Å². The fourth-order valence-corrected chi connectivity index (χ4v) is 4.92. The zero-order valence-corrected chi connectivity index (χ0v) is 19.5. The number of hydrogen-bond acceptors (Lipinski definition) is 8. The molecule has 1 N–H and O–H groups in total. The minimum Gasteiger partial charge on any atom is -0.496 e. The van der Waals surface area contributed by atoms with Gasteiger partial charge in [0.25, 0.3) is 0 Å². The third-order valence-corrected chi connectivity index (χ3v) is 7.04. The molecule has 0 bridgehead atoms. The van der Waals surface area contributed by atoms with Gasteiger partial charge < -0.3 is 23.9 Å². The molecule has 1 aromatic heterocycles. The number of anilines is 1. The Kier molecular flexibility index (Phi) is 6.04. The Morgan fingerprint density at radius 2 is 1.74 bits per heavy atom. The molecular weight excluding hydrogens is 475 g/mol. The molecule has 0 amide bonds. The third kappa shape index (κ3) is 4.52. The summed E-state index contributed by atoms with van der Waals surface area (Å²) in [4.78, 5) is 4.32. The summed E-state index contributed by atoms with van der Waals surface area (Å²) in [7, 11) is -2.62. The number of oxazole rings is 1. The highest BCUT2D eigenvalue weighted by Crippen LogP contribution is 2.38. The van der Waals surface area contributed by atoms with Gasteiger partial charge in [-0.05, 0) is 42.0 Å². The number of nitrogens with one attached hydrogen (secondary N) is 1. The van der Waals surface area contributed by atoms with Gasteiger partial charge in [-0.3, -0.25) is 0 Å². The zero-order chi connectivity index (χ0) is 24.4. The minimum absolute atomic E-state index is 0.0218. The highest BCUT2D eigenvalue weighted by atomic mass is 32.2. The van der Waals surface area contributed by atoms with Crippen molar-refractivity contribution in [1.82, 2.24) is 4.98 Å². The maximum Gasteiger partial charge on any atom is 0.234 e. The lowest BCUT2D eigenvalue weighted by molar-refractivity contribution is 0.171. The van der Waals surface area contributed by atoms with Crippen LogP contribution < -0.4 is 19.5 Å². The molecule has 5 rings (SSSR count). The molecule has 3 aromatic carbocycles. The van der Waals surface area contributed by atoms with E-state index in [1.54, 1.807) is 42.5 Å². The first kappa shape index (κ1) is 22.7. The van der Waals surface area contributed by atoms with Crippen molar-refractivity contribution in [1.29, 1.82) is 0 Å². The molecule has 0 radical (unpaired) electrons. The van der Waals surface area contributed by atoms with Gasteiger partial charge in [0.1, 0.15) is 24.8 Å². The number of sulfone groups is 1. The Bertz CT molecular complexity index is 1470. The monoisotopic (exact) mass is 496 g/mol. The van der Waals surface area contributed by atoms with Crippen molar-refractivity contribution < 1.29 is 31.4 Å². The van der Waals surface area contributed by atoms with Gasteiger partial charge in [0, 0.05) is 12.6 Å². The number of benzene rings is 3. The number of hydrogen-bond donors (Lipinski definition) is 1. The molecule has 0 unspecified atom stereocenters. The van der Waals surface area contributed by atoms with Crippen LogP contribution in [0.15, 0.2) is 81.1 Å². The van der Waals surface area contributed by atoms with Crippen LogP contribution in [0.1, 0.15) is 5.56 Å². The lowest BCUT2D eigenvalue weighted by Crippen LogP contribution is -2.16. The van der Waals surface area contributed by atoms with Crippen molar-refractivity contribution >= 4 is 15.7 Å². The van der Waals surface area contributed by atoms with Gasteiger partial charge in [-0.2, -0.15) is 4.98 Å². The van der Waals surface area contributed by atoms with E-state index in [1.165, 1.54) is 31.4 Å². The van der Waals surface area contributed by atoms with E-state index in [0.29, 0.717) is 36.0 Å². The van der Waals surface area contributed by atoms with Crippen molar-refractivity contribution in [3.63, 3.8) is 0 Å². The van der Waals surface area contributed by atoms with E-state index in [0.717, 1.165) is 5.56 Å². The fourth-order valence-electron chi connectivity index (χ4n) is 3.62. The molecule has 1 aliphatic heterocycles. The van der Waals surface area contributed by atoms with Crippen molar-refractivity contribution in [2.24, 2.45) is 0 Å². The summed E-state index contributed by atoms with van der Waals surface area (Å²) in [6.07, 6.45) is 0. The first-order valence-corrected chi connectivity index (χ1v) is 12.2. The molecule has 35 heavy (non-hydrogen) atoms. The Balaban J connectivity index is 1.57. The van der Waals surface area contributed by atoms with E-state index in [4.69, 9.17) is 18.6 Å². The van der Waals surface area contributed by atoms with Gasteiger partial charge in [-0.1, -0.05) is 24.3 Å². The van der Waals surface area contributed by atoms with Gasteiger partial charge in [0.15, 0.2) is 11.5 Å². The van der Waals surface area contributed by atoms with Gasteiger partial charge in [0.2, 0.25) is 26.6 Å². The summed E-state index contributed by atoms with van der Waals surface area (Å²) in [5.74, 6) is 0.937. The maximum absolute atomic E-state index is 13.7. The van der Waals surface area contributed by atoms with E-state index in [-0.39, 0.29) is 34.1 Å². The quantitative estimate of drug-likeness (QED) is 0.393. The average molecular weight is 497 g/mol. The molecular formula is C25H21FN2O6S. The molecule has 0 aliphatic carbocycles. The molecule has 1 aliphatic rings. The van der Waals surface area contributed by atoms with Crippen LogP contribution in [0.2, 0.25) is 0 Å². The number of aromatic nitrogens is 1. The molecule has 0 saturated carbocycles. The lowest BCUT2D eigenvalue weighted by Gasteiger charge is -2.18. The molecule has 0 saturated heterocycles. The standard InChI is InChI=1S/C25H21FN2O6S/c1-31-20-5-3-2-4-19(20)23-28-25(24(34-23)27-15-16-6-8-17(26)9-7-16)35(29,30)18-10-11-21-22(14-18)33-13-12-32-21/h2-11,14,27H,12-13,15H2,1H3. The lowest BCUT2D eigenvalue weighted by atomic mass is 10.2. The Morgan fingerprint density at radius 3 is 2.51 bits per heavy atom. The molecule has 0 atom stereocenters. The molecule has 0 fully saturated rings. The van der Waals surface area contributed by atoms with E-state index in [2.05, 4.69) is 10.3 Å². The Labute approximate surface area is 201 Å². The minimum atomic E-state index is -4.12. The number of nitrogens with zero attached hydrogens (tertiary/aromatic N) is 1. The smallest absolute Gasteiger partial charge is 0.234 e. The highest BCUT2D eigenvalue weighted by Gasteiger charge is 2.30.